The van der Waals surface area contributed by atoms with Crippen LogP contribution in [0.4, 0.5) is 4.79 Å². The fourth-order valence-corrected chi connectivity index (χ4v) is 2.93. The van der Waals surface area contributed by atoms with Crippen molar-refractivity contribution in [1.29, 1.82) is 0 Å². The third-order valence-corrected chi connectivity index (χ3v) is 3.95. The monoisotopic (exact) mass is 254 g/mol. The molecule has 2 saturated heterocycles. The van der Waals surface area contributed by atoms with Crippen molar-refractivity contribution in [3.05, 3.63) is 0 Å². The van der Waals surface area contributed by atoms with Crippen molar-refractivity contribution >= 4 is 6.09 Å². The van der Waals surface area contributed by atoms with Crippen molar-refractivity contribution in [2.24, 2.45) is 11.8 Å². The first-order chi connectivity index (χ1) is 8.35. The Morgan fingerprint density at radius 3 is 2.11 bits per heavy atom. The van der Waals surface area contributed by atoms with Crippen LogP contribution in [0.3, 0.4) is 0 Å². The van der Waals surface area contributed by atoms with Gasteiger partial charge in [0.2, 0.25) is 0 Å². The van der Waals surface area contributed by atoms with E-state index in [2.05, 4.69) is 11.9 Å². The van der Waals surface area contributed by atoms with Gasteiger partial charge in [0, 0.05) is 26.2 Å². The van der Waals surface area contributed by atoms with Crippen LogP contribution in [0.25, 0.3) is 0 Å². The summed E-state index contributed by atoms with van der Waals surface area (Å²) in [5.74, 6) is 1.66. The van der Waals surface area contributed by atoms with Crippen molar-refractivity contribution in [3.63, 3.8) is 0 Å². The van der Waals surface area contributed by atoms with Crippen molar-refractivity contribution in [3.8, 4) is 0 Å². The maximum atomic E-state index is 11.9. The van der Waals surface area contributed by atoms with Crippen LogP contribution in [0.1, 0.15) is 33.6 Å². The van der Waals surface area contributed by atoms with E-state index in [1.54, 1.807) is 0 Å². The Kier molecular flexibility index (Phi) is 3.85. The standard InChI is InChI=1S/C14H26N2O2/c1-14(2,3)18-13(17)16-7-5-11(6-8-16)12-9-15(4)10-12/h11-12H,5-10H2,1-4H3. The van der Waals surface area contributed by atoms with Crippen molar-refractivity contribution in [2.45, 2.75) is 39.2 Å². The lowest BCUT2D eigenvalue weighted by molar-refractivity contribution is 0.00612. The Balaban J connectivity index is 1.74. The van der Waals surface area contributed by atoms with Crippen LogP contribution >= 0.6 is 0 Å². The Morgan fingerprint density at radius 1 is 1.11 bits per heavy atom. The molecule has 0 N–H and O–H groups in total. The molecule has 0 bridgehead atoms. The van der Waals surface area contributed by atoms with E-state index in [-0.39, 0.29) is 11.7 Å². The second-order valence-corrected chi connectivity index (χ2v) is 6.79. The molecular weight excluding hydrogens is 228 g/mol. The molecule has 0 atom stereocenters. The predicted octanol–water partition coefficient (Wildman–Crippen LogP) is 2.20. The van der Waals surface area contributed by atoms with Crippen LogP contribution in [0.5, 0.6) is 0 Å². The molecule has 104 valence electrons. The van der Waals surface area contributed by atoms with Gasteiger partial charge in [0.25, 0.3) is 0 Å². The molecule has 18 heavy (non-hydrogen) atoms. The average molecular weight is 254 g/mol. The van der Waals surface area contributed by atoms with E-state index in [9.17, 15) is 4.79 Å². The number of carbonyl (C=O) groups excluding carboxylic acids is 1. The Morgan fingerprint density at radius 2 is 1.67 bits per heavy atom. The molecule has 0 aromatic heterocycles. The van der Waals surface area contributed by atoms with Gasteiger partial charge in [-0.3, -0.25) is 0 Å². The lowest BCUT2D eigenvalue weighted by atomic mass is 9.80. The zero-order valence-electron chi connectivity index (χ0n) is 12.1. The molecule has 2 fully saturated rings. The summed E-state index contributed by atoms with van der Waals surface area (Å²) in [6, 6.07) is 0. The quantitative estimate of drug-likeness (QED) is 0.719. The predicted molar refractivity (Wildman–Crippen MR) is 71.5 cm³/mol. The number of carbonyl (C=O) groups is 1. The topological polar surface area (TPSA) is 32.8 Å². The van der Waals surface area contributed by atoms with Gasteiger partial charge in [-0.1, -0.05) is 0 Å². The highest BCUT2D eigenvalue weighted by Gasteiger charge is 2.35. The highest BCUT2D eigenvalue weighted by atomic mass is 16.6. The van der Waals surface area contributed by atoms with Gasteiger partial charge in [0.1, 0.15) is 5.60 Å². The molecule has 0 saturated carbocycles. The van der Waals surface area contributed by atoms with Crippen molar-refractivity contribution < 1.29 is 9.53 Å². The SMILES string of the molecule is CN1CC(C2CCN(C(=O)OC(C)(C)C)CC2)C1. The maximum Gasteiger partial charge on any atom is 0.410 e. The molecule has 4 nitrogen and oxygen atoms in total. The first-order valence-electron chi connectivity index (χ1n) is 7.01. The number of rotatable bonds is 1. The first kappa shape index (κ1) is 13.7. The number of hydrogen-bond acceptors (Lipinski definition) is 3. The van der Waals surface area contributed by atoms with E-state index >= 15 is 0 Å². The van der Waals surface area contributed by atoms with Crippen LogP contribution in [0.2, 0.25) is 0 Å². The zero-order valence-corrected chi connectivity index (χ0v) is 12.1. The summed E-state index contributed by atoms with van der Waals surface area (Å²) >= 11 is 0. The summed E-state index contributed by atoms with van der Waals surface area (Å²) in [5.41, 5.74) is -0.384. The van der Waals surface area contributed by atoms with Gasteiger partial charge in [0.15, 0.2) is 0 Å². The highest BCUT2D eigenvalue weighted by molar-refractivity contribution is 5.68. The summed E-state index contributed by atoms with van der Waals surface area (Å²) in [5, 5.41) is 0. The molecule has 0 aromatic rings. The van der Waals surface area contributed by atoms with Crippen LogP contribution in [-0.4, -0.2) is 54.7 Å². The second kappa shape index (κ2) is 5.08. The fourth-order valence-electron chi connectivity index (χ4n) is 2.93. The molecule has 0 unspecified atom stereocenters. The second-order valence-electron chi connectivity index (χ2n) is 6.79. The number of ether oxygens (including phenoxy) is 1. The minimum atomic E-state index is -0.384. The van der Waals surface area contributed by atoms with E-state index in [1.807, 2.05) is 25.7 Å². The van der Waals surface area contributed by atoms with E-state index < -0.39 is 0 Å². The van der Waals surface area contributed by atoms with Gasteiger partial charge in [-0.15, -0.1) is 0 Å². The van der Waals surface area contributed by atoms with Crippen molar-refractivity contribution in [1.82, 2.24) is 9.80 Å². The van der Waals surface area contributed by atoms with Gasteiger partial charge in [-0.2, -0.15) is 0 Å². The zero-order chi connectivity index (χ0) is 13.3. The number of likely N-dealkylation sites (tertiary alicyclic amines) is 2. The third kappa shape index (κ3) is 3.37. The lowest BCUT2D eigenvalue weighted by Crippen LogP contribution is -2.51. The molecule has 2 aliphatic rings. The van der Waals surface area contributed by atoms with Gasteiger partial charge < -0.3 is 14.5 Å². The Hall–Kier alpha value is -0.770. The number of nitrogens with zero attached hydrogens (tertiary/aromatic N) is 2. The number of hydrogen-bond donors (Lipinski definition) is 0. The van der Waals surface area contributed by atoms with Crippen molar-refractivity contribution in [2.75, 3.05) is 33.2 Å². The van der Waals surface area contributed by atoms with Gasteiger partial charge in [-0.05, 0) is 52.5 Å². The van der Waals surface area contributed by atoms with Gasteiger partial charge in [-0.25, -0.2) is 4.79 Å². The Bertz CT molecular complexity index is 297. The molecule has 2 rings (SSSR count). The summed E-state index contributed by atoms with van der Waals surface area (Å²) in [6.07, 6.45) is 2.13. The molecule has 0 aliphatic carbocycles. The van der Waals surface area contributed by atoms with E-state index in [1.165, 1.54) is 13.1 Å². The summed E-state index contributed by atoms with van der Waals surface area (Å²) < 4.78 is 5.41. The highest BCUT2D eigenvalue weighted by Crippen LogP contribution is 2.31. The lowest BCUT2D eigenvalue weighted by Gasteiger charge is -2.44. The van der Waals surface area contributed by atoms with E-state index in [4.69, 9.17) is 4.74 Å². The minimum absolute atomic E-state index is 0.147. The maximum absolute atomic E-state index is 11.9. The smallest absolute Gasteiger partial charge is 0.410 e. The average Bonchev–Trinajstić information content (AvgIpc) is 2.23. The summed E-state index contributed by atoms with van der Waals surface area (Å²) in [4.78, 5) is 16.2. The van der Waals surface area contributed by atoms with Crippen LogP contribution in [-0.2, 0) is 4.74 Å². The van der Waals surface area contributed by atoms with E-state index in [0.29, 0.717) is 0 Å². The molecule has 0 spiro atoms. The van der Waals surface area contributed by atoms with E-state index in [0.717, 1.165) is 37.8 Å². The Labute approximate surface area is 110 Å². The summed E-state index contributed by atoms with van der Waals surface area (Å²) in [7, 11) is 2.17. The normalized spacial score (nSPS) is 23.9. The molecule has 1 amide bonds. The van der Waals surface area contributed by atoms with Crippen LogP contribution < -0.4 is 0 Å². The largest absolute Gasteiger partial charge is 0.444 e. The van der Waals surface area contributed by atoms with Crippen LogP contribution in [0.15, 0.2) is 0 Å². The molecular formula is C14H26N2O2. The molecule has 0 aromatic carbocycles. The van der Waals surface area contributed by atoms with Crippen LogP contribution in [0, 0.1) is 11.8 Å². The fraction of sp³-hybridized carbons (Fsp3) is 0.929. The third-order valence-electron chi connectivity index (χ3n) is 3.95. The van der Waals surface area contributed by atoms with Gasteiger partial charge >= 0.3 is 6.09 Å². The number of amides is 1. The molecule has 2 aliphatic heterocycles. The summed E-state index contributed by atoms with van der Waals surface area (Å²) in [6.45, 7) is 9.94. The molecule has 2 heterocycles. The molecule has 4 heteroatoms. The molecule has 0 radical (unpaired) electrons. The number of piperidine rings is 1. The van der Waals surface area contributed by atoms with Gasteiger partial charge in [0.05, 0.1) is 0 Å². The first-order valence-corrected chi connectivity index (χ1v) is 7.01. The minimum Gasteiger partial charge on any atom is -0.444 e.